The Morgan fingerprint density at radius 1 is 1.37 bits per heavy atom. The number of likely N-dealkylation sites (tertiary alicyclic amines) is 1. The van der Waals surface area contributed by atoms with Crippen molar-refractivity contribution in [2.24, 2.45) is 11.8 Å². The number of benzene rings is 1. The number of ether oxygens (including phenoxy) is 1. The van der Waals surface area contributed by atoms with Crippen molar-refractivity contribution in [3.05, 3.63) is 30.3 Å². The van der Waals surface area contributed by atoms with Crippen molar-refractivity contribution in [1.29, 1.82) is 0 Å². The molecule has 1 aromatic carbocycles. The minimum atomic E-state index is -0.201. The van der Waals surface area contributed by atoms with Gasteiger partial charge in [0, 0.05) is 25.7 Å². The normalized spacial score (nSPS) is 29.3. The predicted octanol–water partition coefficient (Wildman–Crippen LogP) is 2.12. The molecule has 102 valence electrons. The highest BCUT2D eigenvalue weighted by Gasteiger charge is 2.45. The Morgan fingerprint density at radius 2 is 2.16 bits per heavy atom. The molecule has 0 bridgehead atoms. The van der Waals surface area contributed by atoms with Gasteiger partial charge in [-0.05, 0) is 30.4 Å². The third-order valence-corrected chi connectivity index (χ3v) is 4.32. The van der Waals surface area contributed by atoms with E-state index in [0.717, 1.165) is 26.1 Å². The van der Waals surface area contributed by atoms with Crippen molar-refractivity contribution in [2.45, 2.75) is 19.4 Å². The number of amides is 1. The molecule has 1 amide bonds. The Hall–Kier alpha value is -1.55. The van der Waals surface area contributed by atoms with E-state index in [1.54, 1.807) is 0 Å². The second kappa shape index (κ2) is 5.21. The number of carbonyl (C=O) groups is 1. The van der Waals surface area contributed by atoms with Crippen LogP contribution in [0, 0.1) is 11.8 Å². The van der Waals surface area contributed by atoms with E-state index >= 15 is 0 Å². The molecule has 0 saturated carbocycles. The van der Waals surface area contributed by atoms with Crippen LogP contribution in [0.3, 0.4) is 0 Å². The number of carbonyl (C=O) groups excluding carboxylic acids is 1. The van der Waals surface area contributed by atoms with Crippen molar-refractivity contribution in [3.8, 4) is 5.75 Å². The molecule has 0 aliphatic carbocycles. The summed E-state index contributed by atoms with van der Waals surface area (Å²) < 4.78 is 5.46. The molecule has 0 radical (unpaired) electrons. The summed E-state index contributed by atoms with van der Waals surface area (Å²) in [6.45, 7) is 5.02. The first-order chi connectivity index (χ1) is 9.29. The van der Waals surface area contributed by atoms with Crippen molar-refractivity contribution in [3.63, 3.8) is 0 Å². The first kappa shape index (κ1) is 12.5. The van der Waals surface area contributed by atoms with E-state index in [-0.39, 0.29) is 6.09 Å². The van der Waals surface area contributed by atoms with Gasteiger partial charge in [0.1, 0.15) is 5.75 Å². The molecule has 3 rings (SSSR count). The van der Waals surface area contributed by atoms with Crippen molar-refractivity contribution < 1.29 is 9.53 Å². The molecule has 4 nitrogen and oxygen atoms in total. The molecule has 2 saturated heterocycles. The molecule has 2 heterocycles. The van der Waals surface area contributed by atoms with Crippen molar-refractivity contribution >= 4 is 6.09 Å². The lowest BCUT2D eigenvalue weighted by Crippen LogP contribution is -2.41. The van der Waals surface area contributed by atoms with E-state index in [2.05, 4.69) is 12.2 Å². The van der Waals surface area contributed by atoms with E-state index in [1.807, 2.05) is 35.2 Å². The maximum atomic E-state index is 12.3. The molecule has 19 heavy (non-hydrogen) atoms. The number of rotatable bonds is 2. The molecule has 1 aromatic rings. The second-order valence-corrected chi connectivity index (χ2v) is 5.39. The molecular weight excluding hydrogens is 240 g/mol. The predicted molar refractivity (Wildman–Crippen MR) is 73.1 cm³/mol. The van der Waals surface area contributed by atoms with E-state index in [0.29, 0.717) is 23.6 Å². The van der Waals surface area contributed by atoms with Gasteiger partial charge in [-0.3, -0.25) is 0 Å². The van der Waals surface area contributed by atoms with Crippen LogP contribution < -0.4 is 10.1 Å². The number of para-hydroxylation sites is 1. The SMILES string of the molecule is CCC1C2CNCC2CN1C(=O)Oc1ccccc1. The third-order valence-electron chi connectivity index (χ3n) is 4.32. The van der Waals surface area contributed by atoms with E-state index < -0.39 is 0 Å². The fraction of sp³-hybridized carbons (Fsp3) is 0.533. The molecular formula is C15H20N2O2. The number of nitrogens with one attached hydrogen (secondary N) is 1. The molecule has 3 unspecified atom stereocenters. The van der Waals surface area contributed by atoms with Crippen LogP contribution in [0.2, 0.25) is 0 Å². The van der Waals surface area contributed by atoms with Gasteiger partial charge in [0.2, 0.25) is 0 Å². The third kappa shape index (κ3) is 2.32. The molecule has 2 aliphatic heterocycles. The maximum absolute atomic E-state index is 12.3. The zero-order valence-corrected chi connectivity index (χ0v) is 11.2. The smallest absolute Gasteiger partial charge is 0.410 e. The topological polar surface area (TPSA) is 41.6 Å². The van der Waals surface area contributed by atoms with E-state index in [4.69, 9.17) is 4.74 Å². The lowest BCUT2D eigenvalue weighted by Gasteiger charge is -2.26. The Balaban J connectivity index is 1.70. The van der Waals surface area contributed by atoms with Gasteiger partial charge in [-0.25, -0.2) is 4.79 Å². The molecule has 2 aliphatic rings. The number of fused-ring (bicyclic) bond motifs is 1. The van der Waals surface area contributed by atoms with Crippen LogP contribution >= 0.6 is 0 Å². The largest absolute Gasteiger partial charge is 0.415 e. The summed E-state index contributed by atoms with van der Waals surface area (Å²) in [6.07, 6.45) is 0.791. The van der Waals surface area contributed by atoms with Crippen molar-refractivity contribution in [1.82, 2.24) is 10.2 Å². The van der Waals surface area contributed by atoms with Crippen LogP contribution in [0.25, 0.3) is 0 Å². The van der Waals surface area contributed by atoms with Crippen LogP contribution in [0.5, 0.6) is 5.75 Å². The minimum Gasteiger partial charge on any atom is -0.410 e. The van der Waals surface area contributed by atoms with E-state index in [1.165, 1.54) is 0 Å². The lowest BCUT2D eigenvalue weighted by atomic mass is 9.93. The average Bonchev–Trinajstić information content (AvgIpc) is 2.99. The van der Waals surface area contributed by atoms with Crippen LogP contribution in [0.4, 0.5) is 4.79 Å². The fourth-order valence-corrected chi connectivity index (χ4v) is 3.40. The highest BCUT2D eigenvalue weighted by molar-refractivity contribution is 5.71. The Bertz CT molecular complexity index is 449. The fourth-order valence-electron chi connectivity index (χ4n) is 3.40. The molecule has 0 aromatic heterocycles. The van der Waals surface area contributed by atoms with Gasteiger partial charge in [-0.1, -0.05) is 25.1 Å². The van der Waals surface area contributed by atoms with Gasteiger partial charge in [0.15, 0.2) is 0 Å². The van der Waals surface area contributed by atoms with Gasteiger partial charge in [-0.2, -0.15) is 0 Å². The quantitative estimate of drug-likeness (QED) is 0.885. The van der Waals surface area contributed by atoms with Crippen LogP contribution in [0.1, 0.15) is 13.3 Å². The van der Waals surface area contributed by atoms with Gasteiger partial charge >= 0.3 is 6.09 Å². The van der Waals surface area contributed by atoms with Gasteiger partial charge in [0.25, 0.3) is 0 Å². The second-order valence-electron chi connectivity index (χ2n) is 5.39. The molecule has 4 heteroatoms. The maximum Gasteiger partial charge on any atom is 0.415 e. The summed E-state index contributed by atoms with van der Waals surface area (Å²) in [4.78, 5) is 14.2. The number of hydrogen-bond donors (Lipinski definition) is 1. The Labute approximate surface area is 113 Å². The standard InChI is InChI=1S/C15H20N2O2/c1-2-14-13-9-16-8-11(13)10-17(14)15(18)19-12-6-4-3-5-7-12/h3-7,11,13-14,16H,2,8-10H2,1H3. The minimum absolute atomic E-state index is 0.201. The zero-order chi connectivity index (χ0) is 13.2. The average molecular weight is 260 g/mol. The van der Waals surface area contributed by atoms with Crippen molar-refractivity contribution in [2.75, 3.05) is 19.6 Å². The highest BCUT2D eigenvalue weighted by atomic mass is 16.6. The number of hydrogen-bond acceptors (Lipinski definition) is 3. The molecule has 3 atom stereocenters. The first-order valence-electron chi connectivity index (χ1n) is 7.03. The van der Waals surface area contributed by atoms with E-state index in [9.17, 15) is 4.79 Å². The summed E-state index contributed by atoms with van der Waals surface area (Å²) in [5, 5.41) is 3.42. The summed E-state index contributed by atoms with van der Waals surface area (Å²) in [5.74, 6) is 1.80. The zero-order valence-electron chi connectivity index (χ0n) is 11.2. The highest BCUT2D eigenvalue weighted by Crippen LogP contribution is 2.34. The molecule has 0 spiro atoms. The first-order valence-corrected chi connectivity index (χ1v) is 7.03. The Morgan fingerprint density at radius 3 is 2.89 bits per heavy atom. The summed E-state index contributed by atoms with van der Waals surface area (Å²) in [7, 11) is 0. The summed E-state index contributed by atoms with van der Waals surface area (Å²) in [5.41, 5.74) is 0. The van der Waals surface area contributed by atoms with Crippen LogP contribution in [-0.2, 0) is 0 Å². The lowest BCUT2D eigenvalue weighted by molar-refractivity contribution is 0.139. The molecule has 1 N–H and O–H groups in total. The van der Waals surface area contributed by atoms with Gasteiger partial charge in [0.05, 0.1) is 0 Å². The van der Waals surface area contributed by atoms with Gasteiger partial charge < -0.3 is 15.0 Å². The van der Waals surface area contributed by atoms with Crippen LogP contribution in [0.15, 0.2) is 30.3 Å². The van der Waals surface area contributed by atoms with Gasteiger partial charge in [-0.15, -0.1) is 0 Å². The molecule has 2 fully saturated rings. The monoisotopic (exact) mass is 260 g/mol. The number of nitrogens with zero attached hydrogens (tertiary/aromatic N) is 1. The van der Waals surface area contributed by atoms with Crippen LogP contribution in [-0.4, -0.2) is 36.7 Å². The summed E-state index contributed by atoms with van der Waals surface area (Å²) >= 11 is 0. The Kier molecular flexibility index (Phi) is 3.42. The summed E-state index contributed by atoms with van der Waals surface area (Å²) in [6, 6.07) is 9.62.